The molecule has 2 amide bonds. The number of sulfone groups is 1. The minimum atomic E-state index is -3.35. The number of nitrogens with two attached hydrogens (primary N) is 1. The van der Waals surface area contributed by atoms with Crippen LogP contribution < -0.4 is 15.8 Å². The van der Waals surface area contributed by atoms with Crippen LogP contribution in [0.2, 0.25) is 0 Å². The molecule has 0 heterocycles. The Bertz CT molecular complexity index is 860. The van der Waals surface area contributed by atoms with Gasteiger partial charge in [0, 0.05) is 17.5 Å². The molecule has 7 nitrogen and oxygen atoms in total. The molecule has 2 rings (SSSR count). The van der Waals surface area contributed by atoms with Gasteiger partial charge >= 0.3 is 0 Å². The van der Waals surface area contributed by atoms with Crippen molar-refractivity contribution in [2.75, 3.05) is 18.2 Å². The third-order valence-electron chi connectivity index (χ3n) is 3.05. The Hall–Kier alpha value is -2.87. The Morgan fingerprint density at radius 2 is 1.79 bits per heavy atom. The van der Waals surface area contributed by atoms with Gasteiger partial charge in [0.1, 0.15) is 5.75 Å². The third-order valence-corrected chi connectivity index (χ3v) is 4.16. The lowest BCUT2D eigenvalue weighted by atomic mass is 10.2. The lowest BCUT2D eigenvalue weighted by Gasteiger charge is -2.08. The lowest BCUT2D eigenvalue weighted by molar-refractivity contribution is -0.118. The second kappa shape index (κ2) is 7.14. The molecular formula is C16H16N2O5S. The molecular weight excluding hydrogens is 332 g/mol. The van der Waals surface area contributed by atoms with Crippen LogP contribution in [0.3, 0.4) is 0 Å². The van der Waals surface area contributed by atoms with Crippen LogP contribution >= 0.6 is 0 Å². The van der Waals surface area contributed by atoms with E-state index >= 15 is 0 Å². The highest BCUT2D eigenvalue weighted by atomic mass is 32.2. The molecule has 0 aliphatic heterocycles. The molecule has 0 unspecified atom stereocenters. The Kier molecular flexibility index (Phi) is 5.20. The smallest absolute Gasteiger partial charge is 0.262 e. The average Bonchev–Trinajstić information content (AvgIpc) is 2.53. The van der Waals surface area contributed by atoms with Gasteiger partial charge in [0.05, 0.1) is 4.90 Å². The van der Waals surface area contributed by atoms with E-state index in [1.807, 2.05) is 0 Å². The van der Waals surface area contributed by atoms with Crippen molar-refractivity contribution in [1.82, 2.24) is 0 Å². The molecule has 3 N–H and O–H groups in total. The number of ether oxygens (including phenoxy) is 1. The van der Waals surface area contributed by atoms with E-state index in [2.05, 4.69) is 5.32 Å². The molecule has 24 heavy (non-hydrogen) atoms. The summed E-state index contributed by atoms with van der Waals surface area (Å²) in [5, 5.41) is 2.55. The van der Waals surface area contributed by atoms with Gasteiger partial charge in [-0.15, -0.1) is 0 Å². The van der Waals surface area contributed by atoms with Crippen LogP contribution in [0.15, 0.2) is 53.4 Å². The van der Waals surface area contributed by atoms with Crippen LogP contribution in [-0.2, 0) is 14.6 Å². The number of amides is 2. The first-order valence-electron chi connectivity index (χ1n) is 6.88. The van der Waals surface area contributed by atoms with Crippen molar-refractivity contribution >= 4 is 27.3 Å². The Morgan fingerprint density at radius 1 is 1.12 bits per heavy atom. The van der Waals surface area contributed by atoms with E-state index in [1.54, 1.807) is 6.07 Å². The summed E-state index contributed by atoms with van der Waals surface area (Å²) in [6.07, 6.45) is 1.09. The summed E-state index contributed by atoms with van der Waals surface area (Å²) in [5.41, 5.74) is 5.82. The zero-order valence-electron chi connectivity index (χ0n) is 12.9. The Balaban J connectivity index is 1.95. The highest BCUT2D eigenvalue weighted by molar-refractivity contribution is 7.90. The average molecular weight is 348 g/mol. The van der Waals surface area contributed by atoms with Crippen LogP contribution in [-0.4, -0.2) is 33.1 Å². The molecule has 8 heteroatoms. The Labute approximate surface area is 139 Å². The van der Waals surface area contributed by atoms with E-state index in [0.717, 1.165) is 6.26 Å². The van der Waals surface area contributed by atoms with Gasteiger partial charge < -0.3 is 15.8 Å². The fourth-order valence-electron chi connectivity index (χ4n) is 1.87. The minimum absolute atomic E-state index is 0.114. The number of hydrogen-bond donors (Lipinski definition) is 2. The van der Waals surface area contributed by atoms with E-state index in [4.69, 9.17) is 10.5 Å². The van der Waals surface area contributed by atoms with E-state index in [1.165, 1.54) is 42.5 Å². The van der Waals surface area contributed by atoms with Gasteiger partial charge in [-0.25, -0.2) is 8.42 Å². The van der Waals surface area contributed by atoms with E-state index < -0.39 is 21.7 Å². The van der Waals surface area contributed by atoms with Crippen molar-refractivity contribution in [3.8, 4) is 5.75 Å². The number of anilines is 1. The minimum Gasteiger partial charge on any atom is -0.484 e. The van der Waals surface area contributed by atoms with Gasteiger partial charge in [0.2, 0.25) is 5.91 Å². The van der Waals surface area contributed by atoms with Gasteiger partial charge in [-0.05, 0) is 42.5 Å². The number of hydrogen-bond acceptors (Lipinski definition) is 5. The molecule has 0 saturated heterocycles. The van der Waals surface area contributed by atoms with Crippen molar-refractivity contribution in [3.63, 3.8) is 0 Å². The number of carbonyl (C=O) groups excluding carboxylic acids is 2. The van der Waals surface area contributed by atoms with Crippen molar-refractivity contribution in [2.45, 2.75) is 4.90 Å². The zero-order chi connectivity index (χ0) is 17.7. The third kappa shape index (κ3) is 4.82. The van der Waals surface area contributed by atoms with E-state index in [9.17, 15) is 18.0 Å². The first-order valence-corrected chi connectivity index (χ1v) is 8.77. The normalized spacial score (nSPS) is 10.9. The summed E-state index contributed by atoms with van der Waals surface area (Å²) in [5.74, 6) is -0.593. The molecule has 0 radical (unpaired) electrons. The molecule has 126 valence electrons. The summed E-state index contributed by atoms with van der Waals surface area (Å²) in [4.78, 5) is 22.9. The van der Waals surface area contributed by atoms with Crippen molar-refractivity contribution in [1.29, 1.82) is 0 Å². The predicted molar refractivity (Wildman–Crippen MR) is 88.6 cm³/mol. The molecule has 0 fully saturated rings. The molecule has 2 aromatic rings. The quantitative estimate of drug-likeness (QED) is 0.814. The maximum Gasteiger partial charge on any atom is 0.262 e. The monoisotopic (exact) mass is 348 g/mol. The van der Waals surface area contributed by atoms with Crippen molar-refractivity contribution in [2.24, 2.45) is 5.73 Å². The van der Waals surface area contributed by atoms with Crippen LogP contribution in [0.4, 0.5) is 5.69 Å². The van der Waals surface area contributed by atoms with E-state index in [-0.39, 0.29) is 11.5 Å². The first-order chi connectivity index (χ1) is 11.3. The van der Waals surface area contributed by atoms with Gasteiger partial charge in [-0.1, -0.05) is 6.07 Å². The summed E-state index contributed by atoms with van der Waals surface area (Å²) >= 11 is 0. The molecule has 0 atom stereocenters. The second-order valence-corrected chi connectivity index (χ2v) is 7.04. The van der Waals surface area contributed by atoms with Gasteiger partial charge in [-0.3, -0.25) is 9.59 Å². The summed E-state index contributed by atoms with van der Waals surface area (Å²) in [7, 11) is -3.35. The molecule has 2 aromatic carbocycles. The van der Waals surface area contributed by atoms with Crippen LogP contribution in [0.1, 0.15) is 10.4 Å². The highest BCUT2D eigenvalue weighted by Crippen LogP contribution is 2.16. The maximum atomic E-state index is 11.9. The van der Waals surface area contributed by atoms with Crippen LogP contribution in [0.5, 0.6) is 5.75 Å². The van der Waals surface area contributed by atoms with Gasteiger partial charge in [0.15, 0.2) is 16.4 Å². The van der Waals surface area contributed by atoms with Crippen molar-refractivity contribution in [3.05, 3.63) is 54.1 Å². The topological polar surface area (TPSA) is 116 Å². The largest absolute Gasteiger partial charge is 0.484 e. The number of primary amides is 1. The fraction of sp³-hybridized carbons (Fsp3) is 0.125. The SMILES string of the molecule is CS(=O)(=O)c1cccc(NC(=O)COc2ccc(C(N)=O)cc2)c1. The standard InChI is InChI=1S/C16H16N2O5S/c1-24(21,22)14-4-2-3-12(9-14)18-15(19)10-23-13-7-5-11(6-8-13)16(17)20/h2-9H,10H2,1H3,(H2,17,20)(H,18,19). The molecule has 0 spiro atoms. The van der Waals surface area contributed by atoms with Crippen LogP contribution in [0, 0.1) is 0 Å². The molecule has 0 bridgehead atoms. The summed E-state index contributed by atoms with van der Waals surface area (Å²) < 4.78 is 28.3. The first kappa shape index (κ1) is 17.5. The predicted octanol–water partition coefficient (Wildman–Crippen LogP) is 1.21. The van der Waals surface area contributed by atoms with Gasteiger partial charge in [0.25, 0.3) is 5.91 Å². The molecule has 0 aromatic heterocycles. The number of carbonyl (C=O) groups is 2. The van der Waals surface area contributed by atoms with Crippen molar-refractivity contribution < 1.29 is 22.7 Å². The van der Waals surface area contributed by atoms with Gasteiger partial charge in [-0.2, -0.15) is 0 Å². The lowest BCUT2D eigenvalue weighted by Crippen LogP contribution is -2.20. The molecule has 0 saturated carbocycles. The maximum absolute atomic E-state index is 11.9. The van der Waals surface area contributed by atoms with Crippen LogP contribution in [0.25, 0.3) is 0 Å². The summed E-state index contributed by atoms with van der Waals surface area (Å²) in [6.45, 7) is -0.265. The molecule has 0 aliphatic carbocycles. The zero-order valence-corrected chi connectivity index (χ0v) is 13.7. The summed E-state index contributed by atoms with van der Waals surface area (Å²) in [6, 6.07) is 12.0. The molecule has 0 aliphatic rings. The highest BCUT2D eigenvalue weighted by Gasteiger charge is 2.09. The number of benzene rings is 2. The van der Waals surface area contributed by atoms with E-state index in [0.29, 0.717) is 17.0 Å². The number of nitrogens with one attached hydrogen (secondary N) is 1. The fourth-order valence-corrected chi connectivity index (χ4v) is 2.53. The second-order valence-electron chi connectivity index (χ2n) is 5.03. The Morgan fingerprint density at radius 3 is 2.38 bits per heavy atom. The number of rotatable bonds is 6.